The Bertz CT molecular complexity index is 702. The minimum atomic E-state index is -0.0373. The van der Waals surface area contributed by atoms with Crippen molar-refractivity contribution in [3.63, 3.8) is 0 Å². The quantitative estimate of drug-likeness (QED) is 0.760. The molecule has 118 valence electrons. The fourth-order valence-corrected chi connectivity index (χ4v) is 3.29. The molecule has 1 unspecified atom stereocenters. The molecule has 0 aromatic heterocycles. The van der Waals surface area contributed by atoms with Gasteiger partial charge in [-0.1, -0.05) is 58.4 Å². The number of hydrogen-bond acceptors (Lipinski definition) is 1. The lowest BCUT2D eigenvalue weighted by Gasteiger charge is -2.24. The number of rotatable bonds is 5. The molecule has 0 bridgehead atoms. The van der Waals surface area contributed by atoms with E-state index in [0.717, 1.165) is 22.9 Å². The first kappa shape index (κ1) is 16.0. The van der Waals surface area contributed by atoms with Crippen LogP contribution in [0.15, 0.2) is 65.1 Å². The van der Waals surface area contributed by atoms with Crippen molar-refractivity contribution < 1.29 is 4.79 Å². The maximum atomic E-state index is 12.2. The van der Waals surface area contributed by atoms with Crippen molar-refractivity contribution in [3.8, 4) is 0 Å². The Morgan fingerprint density at radius 2 is 1.78 bits per heavy atom. The van der Waals surface area contributed by atoms with Gasteiger partial charge >= 0.3 is 0 Å². The number of halogens is 1. The van der Waals surface area contributed by atoms with Crippen LogP contribution in [0.4, 0.5) is 0 Å². The Morgan fingerprint density at radius 3 is 2.39 bits per heavy atom. The Labute approximate surface area is 145 Å². The molecule has 1 saturated carbocycles. The van der Waals surface area contributed by atoms with Crippen LogP contribution < -0.4 is 5.32 Å². The second-order valence-electron chi connectivity index (χ2n) is 6.14. The van der Waals surface area contributed by atoms with E-state index in [1.54, 1.807) is 6.08 Å². The monoisotopic (exact) mass is 369 g/mol. The molecule has 0 spiro atoms. The van der Waals surface area contributed by atoms with E-state index in [0.29, 0.717) is 0 Å². The number of benzene rings is 2. The van der Waals surface area contributed by atoms with Crippen molar-refractivity contribution in [3.05, 3.63) is 76.3 Å². The molecular formula is C20H20BrNO. The van der Waals surface area contributed by atoms with Crippen LogP contribution in [0, 0.1) is 0 Å². The van der Waals surface area contributed by atoms with E-state index in [2.05, 4.69) is 52.4 Å². The van der Waals surface area contributed by atoms with Gasteiger partial charge in [-0.15, -0.1) is 0 Å². The van der Waals surface area contributed by atoms with E-state index in [-0.39, 0.29) is 17.4 Å². The van der Waals surface area contributed by atoms with Crippen LogP contribution in [0.3, 0.4) is 0 Å². The molecule has 0 heterocycles. The average Bonchev–Trinajstić information content (AvgIpc) is 3.36. The smallest absolute Gasteiger partial charge is 0.244 e. The summed E-state index contributed by atoms with van der Waals surface area (Å²) in [5, 5.41) is 3.13. The number of carbonyl (C=O) groups excluding carboxylic acids is 1. The summed E-state index contributed by atoms with van der Waals surface area (Å²) in [7, 11) is 0. The minimum absolute atomic E-state index is 0.0373. The number of amides is 1. The highest BCUT2D eigenvalue weighted by atomic mass is 79.9. The largest absolute Gasteiger partial charge is 0.349 e. The maximum absolute atomic E-state index is 12.2. The van der Waals surface area contributed by atoms with Gasteiger partial charge in [-0.25, -0.2) is 0 Å². The van der Waals surface area contributed by atoms with Gasteiger partial charge in [0.15, 0.2) is 0 Å². The zero-order valence-electron chi connectivity index (χ0n) is 13.1. The molecule has 0 aliphatic heterocycles. The van der Waals surface area contributed by atoms with E-state index < -0.39 is 0 Å². The Kier molecular flexibility index (Phi) is 4.67. The topological polar surface area (TPSA) is 29.1 Å². The fourth-order valence-electron chi connectivity index (χ4n) is 3.02. The van der Waals surface area contributed by atoms with Gasteiger partial charge in [-0.05, 0) is 49.1 Å². The highest BCUT2D eigenvalue weighted by molar-refractivity contribution is 9.10. The molecule has 1 amide bonds. The lowest BCUT2D eigenvalue weighted by atomic mass is 9.89. The van der Waals surface area contributed by atoms with Crippen molar-refractivity contribution in [2.45, 2.75) is 31.2 Å². The summed E-state index contributed by atoms with van der Waals surface area (Å²) in [6.07, 6.45) is 5.71. The number of nitrogens with one attached hydrogen (secondary N) is 1. The molecule has 0 radical (unpaired) electrons. The minimum Gasteiger partial charge on any atom is -0.349 e. The third-order valence-corrected chi connectivity index (χ3v) is 5.15. The maximum Gasteiger partial charge on any atom is 0.244 e. The molecule has 1 N–H and O–H groups in total. The summed E-state index contributed by atoms with van der Waals surface area (Å²) in [5.74, 6) is -0.0373. The first-order valence-electron chi connectivity index (χ1n) is 7.90. The van der Waals surface area contributed by atoms with E-state index in [1.165, 1.54) is 5.56 Å². The van der Waals surface area contributed by atoms with E-state index in [9.17, 15) is 4.79 Å². The van der Waals surface area contributed by atoms with Crippen LogP contribution in [-0.2, 0) is 10.2 Å². The van der Waals surface area contributed by atoms with Crippen LogP contribution >= 0.6 is 15.9 Å². The SMILES string of the molecule is CC(NC(=O)/C=C/c1ccccc1)C1(c2ccc(Br)cc2)CC1. The molecule has 1 aliphatic carbocycles. The van der Waals surface area contributed by atoms with Crippen molar-refractivity contribution in [2.75, 3.05) is 0 Å². The second-order valence-corrected chi connectivity index (χ2v) is 7.05. The summed E-state index contributed by atoms with van der Waals surface area (Å²) < 4.78 is 1.08. The van der Waals surface area contributed by atoms with Crippen molar-refractivity contribution in [2.24, 2.45) is 0 Å². The van der Waals surface area contributed by atoms with Crippen molar-refractivity contribution in [1.82, 2.24) is 5.32 Å². The van der Waals surface area contributed by atoms with Crippen LogP contribution in [0.25, 0.3) is 6.08 Å². The zero-order valence-corrected chi connectivity index (χ0v) is 14.7. The molecule has 1 atom stereocenters. The molecule has 1 aliphatic rings. The van der Waals surface area contributed by atoms with Crippen LogP contribution in [-0.4, -0.2) is 11.9 Å². The molecular weight excluding hydrogens is 350 g/mol. The highest BCUT2D eigenvalue weighted by Gasteiger charge is 2.49. The summed E-state index contributed by atoms with van der Waals surface area (Å²) in [6.45, 7) is 2.10. The molecule has 2 aromatic rings. The molecule has 0 saturated heterocycles. The average molecular weight is 370 g/mol. The molecule has 2 nitrogen and oxygen atoms in total. The van der Waals surface area contributed by atoms with E-state index >= 15 is 0 Å². The van der Waals surface area contributed by atoms with E-state index in [1.807, 2.05) is 36.4 Å². The van der Waals surface area contributed by atoms with Gasteiger partial charge in [-0.2, -0.15) is 0 Å². The molecule has 2 aromatic carbocycles. The third-order valence-electron chi connectivity index (χ3n) is 4.62. The summed E-state index contributed by atoms with van der Waals surface area (Å²) in [6, 6.07) is 18.4. The summed E-state index contributed by atoms with van der Waals surface area (Å²) in [5.41, 5.74) is 2.43. The lowest BCUT2D eigenvalue weighted by Crippen LogP contribution is -2.40. The summed E-state index contributed by atoms with van der Waals surface area (Å²) >= 11 is 3.47. The van der Waals surface area contributed by atoms with Gasteiger partial charge in [0.25, 0.3) is 0 Å². The molecule has 1 fully saturated rings. The molecule has 3 rings (SSSR count). The molecule has 23 heavy (non-hydrogen) atoms. The second kappa shape index (κ2) is 6.71. The standard InChI is InChI=1S/C20H20BrNO/c1-15(20(13-14-20)17-8-10-18(21)11-9-17)22-19(23)12-7-16-5-3-2-4-6-16/h2-12,15H,13-14H2,1H3,(H,22,23)/b12-7+. The first-order chi connectivity index (χ1) is 11.1. The molecule has 3 heteroatoms. The van der Waals surface area contributed by atoms with E-state index in [4.69, 9.17) is 0 Å². The van der Waals surface area contributed by atoms with Gasteiger partial charge in [0.2, 0.25) is 5.91 Å². The van der Waals surface area contributed by atoms with Gasteiger partial charge in [0.05, 0.1) is 0 Å². The van der Waals surface area contributed by atoms with Gasteiger partial charge in [-0.3, -0.25) is 4.79 Å². The Morgan fingerprint density at radius 1 is 1.13 bits per heavy atom. The van der Waals surface area contributed by atoms with Crippen LogP contribution in [0.1, 0.15) is 30.9 Å². The lowest BCUT2D eigenvalue weighted by molar-refractivity contribution is -0.117. The highest BCUT2D eigenvalue weighted by Crippen LogP contribution is 2.51. The predicted molar refractivity (Wildman–Crippen MR) is 98.1 cm³/mol. The first-order valence-corrected chi connectivity index (χ1v) is 8.69. The van der Waals surface area contributed by atoms with Gasteiger partial charge < -0.3 is 5.32 Å². The Hall–Kier alpha value is -1.87. The Balaban J connectivity index is 1.64. The van der Waals surface area contributed by atoms with Crippen LogP contribution in [0.2, 0.25) is 0 Å². The van der Waals surface area contributed by atoms with Gasteiger partial charge in [0, 0.05) is 22.0 Å². The van der Waals surface area contributed by atoms with Crippen molar-refractivity contribution >= 4 is 27.9 Å². The van der Waals surface area contributed by atoms with Crippen LogP contribution in [0.5, 0.6) is 0 Å². The number of carbonyl (C=O) groups is 1. The van der Waals surface area contributed by atoms with Gasteiger partial charge in [0.1, 0.15) is 0 Å². The fraction of sp³-hybridized carbons (Fsp3) is 0.250. The third kappa shape index (κ3) is 3.73. The summed E-state index contributed by atoms with van der Waals surface area (Å²) in [4.78, 5) is 12.2. The zero-order chi connectivity index (χ0) is 16.3. The predicted octanol–water partition coefficient (Wildman–Crippen LogP) is 4.70. The number of hydrogen-bond donors (Lipinski definition) is 1. The normalized spacial score (nSPS) is 17.0. The van der Waals surface area contributed by atoms with Crippen molar-refractivity contribution in [1.29, 1.82) is 0 Å².